The van der Waals surface area contributed by atoms with Crippen molar-refractivity contribution in [3.8, 4) is 11.5 Å². The molecule has 0 aliphatic carbocycles. The highest BCUT2D eigenvalue weighted by Crippen LogP contribution is 2.38. The Balaban J connectivity index is 1.92. The van der Waals surface area contributed by atoms with Crippen LogP contribution in [0.1, 0.15) is 10.4 Å². The van der Waals surface area contributed by atoms with E-state index in [2.05, 4.69) is 0 Å². The van der Waals surface area contributed by atoms with E-state index in [0.29, 0.717) is 12.1 Å². The third kappa shape index (κ3) is 3.52. The van der Waals surface area contributed by atoms with Gasteiger partial charge in [-0.1, -0.05) is 11.6 Å². The molecule has 0 aromatic heterocycles. The molecule has 25 heavy (non-hydrogen) atoms. The molecule has 0 saturated heterocycles. The van der Waals surface area contributed by atoms with Crippen LogP contribution in [0.25, 0.3) is 0 Å². The first kappa shape index (κ1) is 17.4. The smallest absolute Gasteiger partial charge is 0.267 e. The molecule has 2 aromatic rings. The summed E-state index contributed by atoms with van der Waals surface area (Å²) in [5, 5.41) is 0.0525. The predicted octanol–water partition coefficient (Wildman–Crippen LogP) is 2.51. The van der Waals surface area contributed by atoms with E-state index in [9.17, 15) is 22.0 Å². The molecule has 1 amide bonds. The minimum atomic E-state index is -4.62. The molecule has 3 rings (SSSR count). The summed E-state index contributed by atoms with van der Waals surface area (Å²) in [4.78, 5) is 11.2. The molecule has 6 nitrogen and oxygen atoms in total. The Kier molecular flexibility index (Phi) is 4.53. The van der Waals surface area contributed by atoms with E-state index < -0.39 is 32.5 Å². The Labute approximate surface area is 146 Å². The fourth-order valence-electron chi connectivity index (χ4n) is 2.16. The van der Waals surface area contributed by atoms with Gasteiger partial charge in [-0.05, 0) is 30.3 Å². The minimum absolute atomic E-state index is 0.0525. The summed E-state index contributed by atoms with van der Waals surface area (Å²) in [6.45, 7) is 0.521. The third-order valence-electron chi connectivity index (χ3n) is 3.27. The van der Waals surface area contributed by atoms with Gasteiger partial charge in [-0.3, -0.25) is 4.79 Å². The normalized spacial score (nSPS) is 13.4. The van der Waals surface area contributed by atoms with Crippen LogP contribution in [-0.4, -0.2) is 27.5 Å². The number of amides is 1. The summed E-state index contributed by atoms with van der Waals surface area (Å²) in [7, 11) is -4.62. The van der Waals surface area contributed by atoms with Crippen molar-refractivity contribution >= 4 is 27.5 Å². The van der Waals surface area contributed by atoms with E-state index >= 15 is 0 Å². The van der Waals surface area contributed by atoms with Gasteiger partial charge in [-0.25, -0.2) is 21.9 Å². The number of benzene rings is 2. The zero-order valence-electron chi connectivity index (χ0n) is 12.4. The summed E-state index contributed by atoms with van der Waals surface area (Å²) in [6, 6.07) is 4.31. The number of carbonyl (C=O) groups excluding carboxylic acids is 1. The van der Waals surface area contributed by atoms with E-state index in [1.807, 2.05) is 0 Å². The van der Waals surface area contributed by atoms with Crippen molar-refractivity contribution in [1.82, 2.24) is 4.72 Å². The zero-order chi connectivity index (χ0) is 18.2. The van der Waals surface area contributed by atoms with Crippen LogP contribution in [0.3, 0.4) is 0 Å². The summed E-state index contributed by atoms with van der Waals surface area (Å²) in [5.74, 6) is -2.82. The van der Waals surface area contributed by atoms with Gasteiger partial charge in [0.05, 0.1) is 5.02 Å². The van der Waals surface area contributed by atoms with Crippen LogP contribution in [0.15, 0.2) is 35.2 Å². The first-order chi connectivity index (χ1) is 11.8. The molecule has 2 aromatic carbocycles. The SMILES string of the molecule is O=C(NS(=O)(=O)c1cc(F)ccc1F)c1cc(Cl)c2c(c1)OCCO2. The van der Waals surface area contributed by atoms with Crippen molar-refractivity contribution in [2.75, 3.05) is 13.2 Å². The molecule has 0 atom stereocenters. The molecule has 1 N–H and O–H groups in total. The maximum Gasteiger partial charge on any atom is 0.267 e. The Morgan fingerprint density at radius 2 is 1.84 bits per heavy atom. The van der Waals surface area contributed by atoms with Crippen LogP contribution in [0.4, 0.5) is 8.78 Å². The van der Waals surface area contributed by atoms with Crippen molar-refractivity contribution in [2.24, 2.45) is 0 Å². The van der Waals surface area contributed by atoms with Crippen LogP contribution in [0, 0.1) is 11.6 Å². The second kappa shape index (κ2) is 6.49. The van der Waals surface area contributed by atoms with E-state index in [1.165, 1.54) is 12.1 Å². The minimum Gasteiger partial charge on any atom is -0.486 e. The van der Waals surface area contributed by atoms with Crippen molar-refractivity contribution < 1.29 is 31.5 Å². The van der Waals surface area contributed by atoms with E-state index in [0.717, 1.165) is 6.07 Å². The van der Waals surface area contributed by atoms with Crippen molar-refractivity contribution in [1.29, 1.82) is 0 Å². The molecule has 0 bridgehead atoms. The van der Waals surface area contributed by atoms with Gasteiger partial charge >= 0.3 is 0 Å². The monoisotopic (exact) mass is 389 g/mol. The summed E-state index contributed by atoms with van der Waals surface area (Å²) in [6.07, 6.45) is 0. The number of ether oxygens (including phenoxy) is 2. The highest BCUT2D eigenvalue weighted by atomic mass is 35.5. The Hall–Kier alpha value is -2.39. The molecule has 132 valence electrons. The second-order valence-electron chi connectivity index (χ2n) is 4.99. The van der Waals surface area contributed by atoms with Crippen LogP contribution in [-0.2, 0) is 10.0 Å². The van der Waals surface area contributed by atoms with Crippen molar-refractivity contribution in [2.45, 2.75) is 4.90 Å². The standard InChI is InChI=1S/C15H10ClF2NO5S/c16-10-5-8(6-12-14(10)24-4-3-23-12)15(20)19-25(21,22)13-7-9(17)1-2-11(13)18/h1-2,5-7H,3-4H2,(H,19,20). The fraction of sp³-hybridized carbons (Fsp3) is 0.133. The number of fused-ring (bicyclic) bond motifs is 1. The van der Waals surface area contributed by atoms with Crippen LogP contribution >= 0.6 is 11.6 Å². The molecule has 1 aliphatic rings. The van der Waals surface area contributed by atoms with Gasteiger partial charge in [0.2, 0.25) is 0 Å². The number of nitrogens with one attached hydrogen (secondary N) is 1. The molecule has 10 heteroatoms. The van der Waals surface area contributed by atoms with Crippen molar-refractivity contribution in [3.63, 3.8) is 0 Å². The van der Waals surface area contributed by atoms with Crippen LogP contribution in [0.5, 0.6) is 11.5 Å². The van der Waals surface area contributed by atoms with E-state index in [-0.39, 0.29) is 35.3 Å². The highest BCUT2D eigenvalue weighted by molar-refractivity contribution is 7.90. The first-order valence-corrected chi connectivity index (χ1v) is 8.75. The molecule has 1 aliphatic heterocycles. The maximum atomic E-state index is 13.7. The average Bonchev–Trinajstić information content (AvgIpc) is 2.56. The molecular weight excluding hydrogens is 380 g/mol. The Bertz CT molecular complexity index is 965. The molecule has 0 saturated carbocycles. The van der Waals surface area contributed by atoms with Gasteiger partial charge in [0.1, 0.15) is 29.7 Å². The van der Waals surface area contributed by atoms with Crippen molar-refractivity contribution in [3.05, 3.63) is 52.6 Å². The molecular formula is C15H10ClF2NO5S. The largest absolute Gasteiger partial charge is 0.486 e. The summed E-state index contributed by atoms with van der Waals surface area (Å²) >= 11 is 5.98. The number of hydrogen-bond acceptors (Lipinski definition) is 5. The lowest BCUT2D eigenvalue weighted by Gasteiger charge is -2.20. The third-order valence-corrected chi connectivity index (χ3v) is 4.90. The average molecular weight is 390 g/mol. The number of sulfonamides is 1. The zero-order valence-corrected chi connectivity index (χ0v) is 14.0. The second-order valence-corrected chi connectivity index (χ2v) is 7.05. The van der Waals surface area contributed by atoms with Crippen LogP contribution in [0.2, 0.25) is 5.02 Å². The number of carbonyl (C=O) groups is 1. The van der Waals surface area contributed by atoms with E-state index in [1.54, 1.807) is 4.72 Å². The highest BCUT2D eigenvalue weighted by Gasteiger charge is 2.25. The van der Waals surface area contributed by atoms with E-state index in [4.69, 9.17) is 21.1 Å². The van der Waals surface area contributed by atoms with Gasteiger partial charge in [0, 0.05) is 5.56 Å². The maximum absolute atomic E-state index is 13.7. The number of halogens is 3. The molecule has 0 fully saturated rings. The molecule has 0 unspecified atom stereocenters. The van der Waals surface area contributed by atoms with Gasteiger partial charge < -0.3 is 9.47 Å². The first-order valence-electron chi connectivity index (χ1n) is 6.89. The lowest BCUT2D eigenvalue weighted by molar-refractivity contribution is 0.0980. The summed E-state index contributed by atoms with van der Waals surface area (Å²) < 4.78 is 63.4. The molecule has 1 heterocycles. The fourth-order valence-corrected chi connectivity index (χ4v) is 3.49. The van der Waals surface area contributed by atoms with Gasteiger partial charge in [0.25, 0.3) is 15.9 Å². The van der Waals surface area contributed by atoms with Gasteiger partial charge in [-0.15, -0.1) is 0 Å². The predicted molar refractivity (Wildman–Crippen MR) is 83.5 cm³/mol. The molecule has 0 spiro atoms. The lowest BCUT2D eigenvalue weighted by Crippen LogP contribution is -2.31. The van der Waals surface area contributed by atoms with Crippen LogP contribution < -0.4 is 14.2 Å². The lowest BCUT2D eigenvalue weighted by atomic mass is 10.2. The Morgan fingerprint density at radius 3 is 2.60 bits per heavy atom. The number of rotatable bonds is 3. The Morgan fingerprint density at radius 1 is 1.12 bits per heavy atom. The summed E-state index contributed by atoms with van der Waals surface area (Å²) in [5.41, 5.74) is -0.144. The topological polar surface area (TPSA) is 81.7 Å². The quantitative estimate of drug-likeness (QED) is 0.872. The van der Waals surface area contributed by atoms with Gasteiger partial charge in [0.15, 0.2) is 11.5 Å². The van der Waals surface area contributed by atoms with Gasteiger partial charge in [-0.2, -0.15) is 0 Å². The number of hydrogen-bond donors (Lipinski definition) is 1. The molecule has 0 radical (unpaired) electrons.